The average Bonchev–Trinajstić information content (AvgIpc) is 2.24. The fourth-order valence-electron chi connectivity index (χ4n) is 1.34. The van der Waals surface area contributed by atoms with E-state index in [4.69, 9.17) is 4.74 Å². The maximum Gasteiger partial charge on any atom is 0.401 e. The molecule has 0 radical (unpaired) electrons. The molecule has 0 aliphatic carbocycles. The second-order valence-corrected chi connectivity index (χ2v) is 4.47. The van der Waals surface area contributed by atoms with Crippen molar-refractivity contribution in [2.24, 2.45) is 0 Å². The van der Waals surface area contributed by atoms with Crippen LogP contribution >= 0.6 is 15.9 Å². The third-order valence-corrected chi connectivity index (χ3v) is 2.90. The molecule has 6 heteroatoms. The Morgan fingerprint density at radius 2 is 2.06 bits per heavy atom. The lowest BCUT2D eigenvalue weighted by molar-refractivity contribution is -0.126. The van der Waals surface area contributed by atoms with Crippen LogP contribution in [0.3, 0.4) is 0 Å². The number of ether oxygens (including phenoxy) is 1. The van der Waals surface area contributed by atoms with E-state index in [1.54, 1.807) is 25.1 Å². The van der Waals surface area contributed by atoms with E-state index < -0.39 is 12.7 Å². The van der Waals surface area contributed by atoms with Gasteiger partial charge in [0.1, 0.15) is 5.75 Å². The average molecular weight is 312 g/mol. The molecule has 0 saturated heterocycles. The molecule has 0 fully saturated rings. The minimum atomic E-state index is -4.20. The first-order chi connectivity index (χ1) is 7.83. The molecule has 0 bridgehead atoms. The topological polar surface area (TPSA) is 21.3 Å². The summed E-state index contributed by atoms with van der Waals surface area (Å²) in [6.07, 6.45) is -4.20. The zero-order chi connectivity index (χ0) is 13.1. The van der Waals surface area contributed by atoms with Crippen LogP contribution in [0, 0.1) is 0 Å². The highest BCUT2D eigenvalue weighted by Gasteiger charge is 2.27. The van der Waals surface area contributed by atoms with Gasteiger partial charge in [0.2, 0.25) is 0 Å². The van der Waals surface area contributed by atoms with Crippen molar-refractivity contribution in [1.29, 1.82) is 0 Å². The Morgan fingerprint density at radius 3 is 2.53 bits per heavy atom. The SMILES string of the molecule is COc1ccc(C(C)NCC(F)(F)F)cc1Br. The van der Waals surface area contributed by atoms with Crippen LogP contribution in [0.4, 0.5) is 13.2 Å². The normalized spacial score (nSPS) is 13.5. The van der Waals surface area contributed by atoms with Crippen molar-refractivity contribution in [2.75, 3.05) is 13.7 Å². The summed E-state index contributed by atoms with van der Waals surface area (Å²) >= 11 is 3.29. The van der Waals surface area contributed by atoms with Crippen molar-refractivity contribution >= 4 is 15.9 Å². The number of hydrogen-bond acceptors (Lipinski definition) is 2. The standard InChI is InChI=1S/C11H13BrF3NO/c1-7(16-6-11(13,14)15)8-3-4-10(17-2)9(12)5-8/h3-5,7,16H,6H2,1-2H3. The summed E-state index contributed by atoms with van der Waals surface area (Å²) in [4.78, 5) is 0. The van der Waals surface area contributed by atoms with Gasteiger partial charge in [0.05, 0.1) is 18.1 Å². The zero-order valence-electron chi connectivity index (χ0n) is 9.44. The first-order valence-electron chi connectivity index (χ1n) is 4.97. The molecule has 0 aliphatic rings. The first kappa shape index (κ1) is 14.3. The summed E-state index contributed by atoms with van der Waals surface area (Å²) in [5, 5.41) is 2.42. The Labute approximate surface area is 106 Å². The minimum Gasteiger partial charge on any atom is -0.496 e. The van der Waals surface area contributed by atoms with Gasteiger partial charge >= 0.3 is 6.18 Å². The lowest BCUT2D eigenvalue weighted by Crippen LogP contribution is -2.30. The van der Waals surface area contributed by atoms with E-state index in [1.807, 2.05) is 0 Å². The van der Waals surface area contributed by atoms with E-state index in [9.17, 15) is 13.2 Å². The van der Waals surface area contributed by atoms with Crippen LogP contribution in [-0.4, -0.2) is 19.8 Å². The van der Waals surface area contributed by atoms with Gasteiger partial charge in [-0.15, -0.1) is 0 Å². The van der Waals surface area contributed by atoms with E-state index in [1.165, 1.54) is 7.11 Å². The Balaban J connectivity index is 2.69. The van der Waals surface area contributed by atoms with E-state index in [-0.39, 0.29) is 6.04 Å². The zero-order valence-corrected chi connectivity index (χ0v) is 11.0. The number of methoxy groups -OCH3 is 1. The smallest absolute Gasteiger partial charge is 0.401 e. The highest BCUT2D eigenvalue weighted by molar-refractivity contribution is 9.10. The quantitative estimate of drug-likeness (QED) is 0.916. The largest absolute Gasteiger partial charge is 0.496 e. The fourth-order valence-corrected chi connectivity index (χ4v) is 1.90. The maximum atomic E-state index is 12.0. The molecular weight excluding hydrogens is 299 g/mol. The lowest BCUT2D eigenvalue weighted by atomic mass is 10.1. The molecule has 1 rings (SSSR count). The van der Waals surface area contributed by atoms with Crippen LogP contribution < -0.4 is 10.1 Å². The number of hydrogen-bond donors (Lipinski definition) is 1. The Kier molecular flexibility index (Phi) is 4.82. The lowest BCUT2D eigenvalue weighted by Gasteiger charge is -2.16. The van der Waals surface area contributed by atoms with E-state index in [0.717, 1.165) is 10.0 Å². The van der Waals surface area contributed by atoms with Crippen molar-refractivity contribution in [1.82, 2.24) is 5.32 Å². The van der Waals surface area contributed by atoms with Crippen LogP contribution in [0.25, 0.3) is 0 Å². The monoisotopic (exact) mass is 311 g/mol. The summed E-state index contributed by atoms with van der Waals surface area (Å²) < 4.78 is 41.9. The Morgan fingerprint density at radius 1 is 1.41 bits per heavy atom. The van der Waals surface area contributed by atoms with Crippen molar-refractivity contribution in [3.63, 3.8) is 0 Å². The van der Waals surface area contributed by atoms with Crippen molar-refractivity contribution in [2.45, 2.75) is 19.1 Å². The number of alkyl halides is 3. The predicted molar refractivity (Wildman–Crippen MR) is 63.2 cm³/mol. The summed E-state index contributed by atoms with van der Waals surface area (Å²) in [6.45, 7) is 0.678. The highest BCUT2D eigenvalue weighted by Crippen LogP contribution is 2.28. The predicted octanol–water partition coefficient (Wildman–Crippen LogP) is 3.67. The van der Waals surface area contributed by atoms with Crippen LogP contribution in [0.5, 0.6) is 5.75 Å². The molecule has 0 saturated carbocycles. The van der Waals surface area contributed by atoms with Gasteiger partial charge in [0.15, 0.2) is 0 Å². The molecule has 0 aromatic heterocycles. The van der Waals surface area contributed by atoms with Gasteiger partial charge in [-0.1, -0.05) is 6.07 Å². The number of nitrogens with one attached hydrogen (secondary N) is 1. The van der Waals surface area contributed by atoms with Crippen LogP contribution in [0.15, 0.2) is 22.7 Å². The Bertz CT molecular complexity index is 381. The summed E-state index contributed by atoms with van der Waals surface area (Å²) in [6, 6.07) is 4.81. The Hall–Kier alpha value is -0.750. The summed E-state index contributed by atoms with van der Waals surface area (Å²) in [5.74, 6) is 0.650. The molecule has 17 heavy (non-hydrogen) atoms. The van der Waals surface area contributed by atoms with Crippen LogP contribution in [0.1, 0.15) is 18.5 Å². The molecule has 0 heterocycles. The molecule has 2 nitrogen and oxygen atoms in total. The number of benzene rings is 1. The molecule has 1 aromatic rings. The second-order valence-electron chi connectivity index (χ2n) is 3.61. The molecule has 96 valence electrons. The maximum absolute atomic E-state index is 12.0. The van der Waals surface area contributed by atoms with Gasteiger partial charge in [0.25, 0.3) is 0 Å². The third-order valence-electron chi connectivity index (χ3n) is 2.28. The summed E-state index contributed by atoms with van der Waals surface area (Å²) in [5.41, 5.74) is 0.766. The van der Waals surface area contributed by atoms with Gasteiger partial charge in [-0.25, -0.2) is 0 Å². The summed E-state index contributed by atoms with van der Waals surface area (Å²) in [7, 11) is 1.53. The molecule has 1 N–H and O–H groups in total. The fraction of sp³-hybridized carbons (Fsp3) is 0.455. The van der Waals surface area contributed by atoms with E-state index in [2.05, 4.69) is 21.2 Å². The molecule has 0 spiro atoms. The molecular formula is C11H13BrF3NO. The molecule has 1 atom stereocenters. The van der Waals surface area contributed by atoms with Crippen molar-refractivity contribution < 1.29 is 17.9 Å². The molecule has 0 amide bonds. The third kappa shape index (κ3) is 4.55. The van der Waals surface area contributed by atoms with Gasteiger partial charge < -0.3 is 10.1 Å². The highest BCUT2D eigenvalue weighted by atomic mass is 79.9. The van der Waals surface area contributed by atoms with Crippen molar-refractivity contribution in [3.05, 3.63) is 28.2 Å². The molecule has 0 aliphatic heterocycles. The molecule has 1 aromatic carbocycles. The van der Waals surface area contributed by atoms with Crippen LogP contribution in [0.2, 0.25) is 0 Å². The number of rotatable bonds is 4. The number of halogens is 4. The first-order valence-corrected chi connectivity index (χ1v) is 5.76. The molecule has 1 unspecified atom stereocenters. The van der Waals surface area contributed by atoms with E-state index >= 15 is 0 Å². The van der Waals surface area contributed by atoms with Gasteiger partial charge in [-0.3, -0.25) is 0 Å². The van der Waals surface area contributed by atoms with Gasteiger partial charge in [-0.05, 0) is 40.5 Å². The minimum absolute atomic E-state index is 0.376. The van der Waals surface area contributed by atoms with Crippen molar-refractivity contribution in [3.8, 4) is 5.75 Å². The van der Waals surface area contributed by atoms with Gasteiger partial charge in [-0.2, -0.15) is 13.2 Å². The van der Waals surface area contributed by atoms with Gasteiger partial charge in [0, 0.05) is 6.04 Å². The second kappa shape index (κ2) is 5.73. The van der Waals surface area contributed by atoms with E-state index in [0.29, 0.717) is 5.75 Å². The van der Waals surface area contributed by atoms with Crippen LogP contribution in [-0.2, 0) is 0 Å².